The molecule has 0 fully saturated rings. The van der Waals surface area contributed by atoms with Crippen LogP contribution in [-0.4, -0.2) is 16.7 Å². The van der Waals surface area contributed by atoms with Crippen molar-refractivity contribution in [1.82, 2.24) is 4.98 Å². The number of benzene rings is 1. The second kappa shape index (κ2) is 5.30. The average Bonchev–Trinajstić information content (AvgIpc) is 2.71. The zero-order valence-corrected chi connectivity index (χ0v) is 11.0. The smallest absolute Gasteiger partial charge is 0.396 e. The Labute approximate surface area is 112 Å². The van der Waals surface area contributed by atoms with Crippen LogP contribution < -0.4 is 0 Å². The van der Waals surface area contributed by atoms with Gasteiger partial charge >= 0.3 is 6.18 Å². The normalized spacial score (nSPS) is 11.8. The highest BCUT2D eigenvalue weighted by atomic mass is 32.1. The van der Waals surface area contributed by atoms with E-state index in [0.29, 0.717) is 17.0 Å². The summed E-state index contributed by atoms with van der Waals surface area (Å²) in [6.07, 6.45) is -3.93. The third kappa shape index (κ3) is 3.13. The van der Waals surface area contributed by atoms with Crippen molar-refractivity contribution in [2.75, 3.05) is 6.61 Å². The van der Waals surface area contributed by atoms with E-state index in [2.05, 4.69) is 4.98 Å². The average molecular weight is 287 g/mol. The third-order valence-corrected chi connectivity index (χ3v) is 3.74. The molecule has 102 valence electrons. The number of aryl methyl sites for hydroxylation is 1. The molecule has 2 aromatic rings. The van der Waals surface area contributed by atoms with Gasteiger partial charge in [-0.05, 0) is 19.1 Å². The van der Waals surface area contributed by atoms with Gasteiger partial charge in [0.15, 0.2) is 0 Å². The van der Waals surface area contributed by atoms with E-state index in [1.165, 1.54) is 17.4 Å². The molecule has 19 heavy (non-hydrogen) atoms. The predicted molar refractivity (Wildman–Crippen MR) is 68.1 cm³/mol. The van der Waals surface area contributed by atoms with Crippen molar-refractivity contribution in [3.8, 4) is 10.6 Å². The van der Waals surface area contributed by atoms with E-state index in [9.17, 15) is 13.2 Å². The number of aromatic nitrogens is 1. The lowest BCUT2D eigenvalue weighted by Gasteiger charge is -2.07. The van der Waals surface area contributed by atoms with Crippen LogP contribution in [0.25, 0.3) is 10.6 Å². The molecule has 0 radical (unpaired) electrons. The molecule has 0 aliphatic rings. The molecule has 2 nitrogen and oxygen atoms in total. The first-order valence-corrected chi connectivity index (χ1v) is 6.48. The standard InChI is InChI=1S/C13H12F3NOS/c1-8-11(5-6-18)17-12(19-8)9-3-2-4-10(7-9)13(14,15)16/h2-4,7,18H,5-6H2,1H3. The van der Waals surface area contributed by atoms with E-state index in [0.717, 1.165) is 22.7 Å². The summed E-state index contributed by atoms with van der Waals surface area (Å²) >= 11 is 1.34. The first-order valence-electron chi connectivity index (χ1n) is 5.66. The minimum atomic E-state index is -4.35. The molecular weight excluding hydrogens is 275 g/mol. The van der Waals surface area contributed by atoms with Crippen LogP contribution in [0.5, 0.6) is 0 Å². The molecule has 0 aliphatic carbocycles. The molecule has 1 aromatic heterocycles. The Morgan fingerprint density at radius 1 is 1.32 bits per heavy atom. The highest BCUT2D eigenvalue weighted by Crippen LogP contribution is 2.34. The summed E-state index contributed by atoms with van der Waals surface area (Å²) in [5.41, 5.74) is 0.508. The Kier molecular flexibility index (Phi) is 3.91. The lowest BCUT2D eigenvalue weighted by molar-refractivity contribution is -0.137. The van der Waals surface area contributed by atoms with Crippen molar-refractivity contribution < 1.29 is 18.3 Å². The molecule has 0 aliphatic heterocycles. The maximum Gasteiger partial charge on any atom is 0.416 e. The Balaban J connectivity index is 2.39. The first kappa shape index (κ1) is 14.0. The zero-order chi connectivity index (χ0) is 14.0. The van der Waals surface area contributed by atoms with Crippen molar-refractivity contribution in [2.24, 2.45) is 0 Å². The van der Waals surface area contributed by atoms with Crippen LogP contribution in [0.3, 0.4) is 0 Å². The van der Waals surface area contributed by atoms with E-state index >= 15 is 0 Å². The van der Waals surface area contributed by atoms with Crippen LogP contribution in [0, 0.1) is 6.92 Å². The van der Waals surface area contributed by atoms with E-state index in [1.807, 2.05) is 6.92 Å². The van der Waals surface area contributed by atoms with E-state index in [1.54, 1.807) is 6.07 Å². The summed E-state index contributed by atoms with van der Waals surface area (Å²) < 4.78 is 37.9. The molecule has 0 saturated heterocycles. The van der Waals surface area contributed by atoms with Gasteiger partial charge in [0.1, 0.15) is 5.01 Å². The lowest BCUT2D eigenvalue weighted by atomic mass is 10.1. The quantitative estimate of drug-likeness (QED) is 0.934. The highest BCUT2D eigenvalue weighted by molar-refractivity contribution is 7.15. The number of hydrogen-bond acceptors (Lipinski definition) is 3. The summed E-state index contributed by atoms with van der Waals surface area (Å²) in [4.78, 5) is 5.20. The minimum absolute atomic E-state index is 0.0212. The summed E-state index contributed by atoms with van der Waals surface area (Å²) in [5, 5.41) is 9.44. The minimum Gasteiger partial charge on any atom is -0.396 e. The van der Waals surface area contributed by atoms with Gasteiger partial charge in [0.05, 0.1) is 11.3 Å². The number of hydrogen-bond donors (Lipinski definition) is 1. The van der Waals surface area contributed by atoms with Gasteiger partial charge < -0.3 is 5.11 Å². The Bertz CT molecular complexity index is 578. The van der Waals surface area contributed by atoms with Gasteiger partial charge in [0, 0.05) is 23.5 Å². The van der Waals surface area contributed by atoms with Crippen LogP contribution in [0.1, 0.15) is 16.1 Å². The van der Waals surface area contributed by atoms with Gasteiger partial charge in [-0.2, -0.15) is 13.2 Å². The van der Waals surface area contributed by atoms with Gasteiger partial charge in [-0.3, -0.25) is 0 Å². The molecular formula is C13H12F3NOS. The molecule has 0 atom stereocenters. The molecule has 2 rings (SSSR count). The van der Waals surface area contributed by atoms with Gasteiger partial charge in [-0.25, -0.2) is 4.98 Å². The Morgan fingerprint density at radius 2 is 2.05 bits per heavy atom. The maximum atomic E-state index is 12.6. The van der Waals surface area contributed by atoms with E-state index in [4.69, 9.17) is 5.11 Å². The Morgan fingerprint density at radius 3 is 2.68 bits per heavy atom. The lowest BCUT2D eigenvalue weighted by Crippen LogP contribution is -2.04. The van der Waals surface area contributed by atoms with Crippen molar-refractivity contribution >= 4 is 11.3 Å². The van der Waals surface area contributed by atoms with Crippen LogP contribution in [0.4, 0.5) is 13.2 Å². The van der Waals surface area contributed by atoms with Gasteiger partial charge in [0.2, 0.25) is 0 Å². The fourth-order valence-corrected chi connectivity index (χ4v) is 2.67. The van der Waals surface area contributed by atoms with Crippen LogP contribution in [0.15, 0.2) is 24.3 Å². The molecule has 0 spiro atoms. The number of rotatable bonds is 3. The van der Waals surface area contributed by atoms with E-state index in [-0.39, 0.29) is 6.61 Å². The summed E-state index contributed by atoms with van der Waals surface area (Å²) in [5.74, 6) is 0. The highest BCUT2D eigenvalue weighted by Gasteiger charge is 2.30. The molecule has 0 amide bonds. The summed E-state index contributed by atoms with van der Waals surface area (Å²) in [7, 11) is 0. The molecule has 1 heterocycles. The molecule has 0 saturated carbocycles. The molecule has 1 N–H and O–H groups in total. The SMILES string of the molecule is Cc1sc(-c2cccc(C(F)(F)F)c2)nc1CCO. The monoisotopic (exact) mass is 287 g/mol. The molecule has 0 bridgehead atoms. The number of aliphatic hydroxyl groups excluding tert-OH is 1. The van der Waals surface area contributed by atoms with Crippen molar-refractivity contribution in [2.45, 2.75) is 19.5 Å². The van der Waals surface area contributed by atoms with Crippen LogP contribution >= 0.6 is 11.3 Å². The second-order valence-electron chi connectivity index (χ2n) is 4.07. The van der Waals surface area contributed by atoms with Gasteiger partial charge in [-0.1, -0.05) is 12.1 Å². The van der Waals surface area contributed by atoms with Crippen LogP contribution in [-0.2, 0) is 12.6 Å². The fourth-order valence-electron chi connectivity index (χ4n) is 1.72. The molecule has 0 unspecified atom stereocenters. The Hall–Kier alpha value is -1.40. The molecule has 1 aromatic carbocycles. The largest absolute Gasteiger partial charge is 0.416 e. The van der Waals surface area contributed by atoms with Gasteiger partial charge in [-0.15, -0.1) is 11.3 Å². The summed E-state index contributed by atoms with van der Waals surface area (Å²) in [6, 6.07) is 5.12. The number of nitrogens with zero attached hydrogens (tertiary/aromatic N) is 1. The predicted octanol–water partition coefficient (Wildman–Crippen LogP) is 3.67. The first-order chi connectivity index (χ1) is 8.91. The number of aliphatic hydroxyl groups is 1. The third-order valence-electron chi connectivity index (χ3n) is 2.68. The molecule has 6 heteroatoms. The summed E-state index contributed by atoms with van der Waals surface area (Å²) in [6.45, 7) is 1.83. The van der Waals surface area contributed by atoms with Crippen molar-refractivity contribution in [1.29, 1.82) is 0 Å². The van der Waals surface area contributed by atoms with Gasteiger partial charge in [0.25, 0.3) is 0 Å². The van der Waals surface area contributed by atoms with Crippen molar-refractivity contribution in [3.05, 3.63) is 40.4 Å². The van der Waals surface area contributed by atoms with E-state index < -0.39 is 11.7 Å². The van der Waals surface area contributed by atoms with Crippen LogP contribution in [0.2, 0.25) is 0 Å². The number of halogens is 3. The number of alkyl halides is 3. The van der Waals surface area contributed by atoms with Crippen molar-refractivity contribution in [3.63, 3.8) is 0 Å². The maximum absolute atomic E-state index is 12.6. The topological polar surface area (TPSA) is 33.1 Å². The zero-order valence-electron chi connectivity index (χ0n) is 10.2. The fraction of sp³-hybridized carbons (Fsp3) is 0.308. The second-order valence-corrected chi connectivity index (χ2v) is 5.28. The number of thiazole rings is 1.